The molecule has 164 valence electrons. The summed E-state index contributed by atoms with van der Waals surface area (Å²) in [6.07, 6.45) is 7.40. The minimum Gasteiger partial charge on any atom is -0.371 e. The van der Waals surface area contributed by atoms with Gasteiger partial charge in [0.05, 0.1) is 11.2 Å². The third kappa shape index (κ3) is 4.29. The highest BCUT2D eigenvalue weighted by Gasteiger charge is 2.24. The van der Waals surface area contributed by atoms with Crippen LogP contribution in [0.5, 0.6) is 0 Å². The van der Waals surface area contributed by atoms with Crippen LogP contribution in [0.25, 0.3) is 10.8 Å². The number of nitrogens with one attached hydrogen (secondary N) is 1. The lowest BCUT2D eigenvalue weighted by Gasteiger charge is -2.30. The minimum absolute atomic E-state index is 0.190. The van der Waals surface area contributed by atoms with E-state index in [2.05, 4.69) is 61.0 Å². The van der Waals surface area contributed by atoms with Gasteiger partial charge in [-0.15, -0.1) is 0 Å². The summed E-state index contributed by atoms with van der Waals surface area (Å²) in [7, 11) is 0. The van der Waals surface area contributed by atoms with Gasteiger partial charge in [-0.25, -0.2) is 0 Å². The first-order valence-electron chi connectivity index (χ1n) is 11.3. The Morgan fingerprint density at radius 2 is 1.81 bits per heavy atom. The number of pyridine rings is 1. The van der Waals surface area contributed by atoms with E-state index in [1.165, 1.54) is 24.9 Å². The van der Waals surface area contributed by atoms with Crippen molar-refractivity contribution in [3.8, 4) is 0 Å². The largest absolute Gasteiger partial charge is 0.371 e. The van der Waals surface area contributed by atoms with Crippen molar-refractivity contribution in [3.63, 3.8) is 0 Å². The van der Waals surface area contributed by atoms with Crippen LogP contribution in [0, 0.1) is 0 Å². The first-order valence-corrected chi connectivity index (χ1v) is 11.3. The summed E-state index contributed by atoms with van der Waals surface area (Å²) in [4.78, 5) is 19.9. The fourth-order valence-corrected chi connectivity index (χ4v) is 4.34. The van der Waals surface area contributed by atoms with E-state index in [0.29, 0.717) is 5.69 Å². The van der Waals surface area contributed by atoms with Crippen LogP contribution in [0.1, 0.15) is 76.0 Å². The lowest BCUT2D eigenvalue weighted by molar-refractivity contribution is 0.102. The number of hydrogen-bond acceptors (Lipinski definition) is 4. The Kier molecular flexibility index (Phi) is 5.73. The molecule has 0 saturated carbocycles. The molecule has 6 nitrogen and oxygen atoms in total. The van der Waals surface area contributed by atoms with Gasteiger partial charge in [0, 0.05) is 47.6 Å². The highest BCUT2D eigenvalue weighted by molar-refractivity contribution is 6.10. The molecule has 0 radical (unpaired) electrons. The Morgan fingerprint density at radius 1 is 1.06 bits per heavy atom. The van der Waals surface area contributed by atoms with Crippen LogP contribution in [0.15, 0.2) is 36.7 Å². The first kappa shape index (κ1) is 21.3. The molecule has 1 aromatic carbocycles. The zero-order chi connectivity index (χ0) is 22.2. The average Bonchev–Trinajstić information content (AvgIpc) is 3.21. The molecule has 0 aliphatic carbocycles. The number of carbonyl (C=O) groups excluding carboxylic acids is 1. The van der Waals surface area contributed by atoms with E-state index in [9.17, 15) is 4.79 Å². The Hall–Kier alpha value is -2.89. The van der Waals surface area contributed by atoms with Crippen LogP contribution in [-0.2, 0) is 5.54 Å². The maximum absolute atomic E-state index is 13.1. The quantitative estimate of drug-likeness (QED) is 0.602. The fourth-order valence-electron chi connectivity index (χ4n) is 4.34. The highest BCUT2D eigenvalue weighted by Crippen LogP contribution is 2.33. The summed E-state index contributed by atoms with van der Waals surface area (Å²) in [6, 6.07) is 8.07. The molecule has 0 atom stereocenters. The third-order valence-electron chi connectivity index (χ3n) is 5.94. The van der Waals surface area contributed by atoms with Gasteiger partial charge in [-0.1, -0.05) is 13.8 Å². The smallest absolute Gasteiger partial charge is 0.276 e. The number of piperidine rings is 1. The number of benzene rings is 1. The van der Waals surface area contributed by atoms with Crippen molar-refractivity contribution in [2.24, 2.45) is 0 Å². The van der Waals surface area contributed by atoms with Gasteiger partial charge in [-0.05, 0) is 70.2 Å². The molecule has 1 fully saturated rings. The predicted octanol–water partition coefficient (Wildman–Crippen LogP) is 5.55. The van der Waals surface area contributed by atoms with Crippen molar-refractivity contribution in [2.45, 2.75) is 65.3 Å². The Bertz CT molecular complexity index is 1090. The van der Waals surface area contributed by atoms with Crippen molar-refractivity contribution < 1.29 is 4.79 Å². The van der Waals surface area contributed by atoms with Crippen molar-refractivity contribution >= 4 is 28.1 Å². The molecule has 2 aromatic heterocycles. The molecule has 0 spiro atoms. The number of rotatable bonds is 4. The minimum atomic E-state index is -0.194. The maximum Gasteiger partial charge on any atom is 0.276 e. The number of fused-ring (bicyclic) bond motifs is 1. The molecule has 0 unspecified atom stereocenters. The molecular weight excluding hydrogens is 386 g/mol. The van der Waals surface area contributed by atoms with Gasteiger partial charge >= 0.3 is 0 Å². The van der Waals surface area contributed by atoms with Crippen LogP contribution >= 0.6 is 0 Å². The highest BCUT2D eigenvalue weighted by atomic mass is 16.2. The number of nitrogens with zero attached hydrogens (tertiary/aromatic N) is 4. The second-order valence-electron chi connectivity index (χ2n) is 9.75. The van der Waals surface area contributed by atoms with Gasteiger partial charge in [-0.3, -0.25) is 14.5 Å². The van der Waals surface area contributed by atoms with Crippen molar-refractivity contribution in [1.82, 2.24) is 14.8 Å². The number of amides is 1. The van der Waals surface area contributed by atoms with Crippen molar-refractivity contribution in [1.29, 1.82) is 0 Å². The first-order chi connectivity index (χ1) is 14.8. The lowest BCUT2D eigenvalue weighted by Crippen LogP contribution is -2.29. The molecule has 1 N–H and O–H groups in total. The van der Waals surface area contributed by atoms with Gasteiger partial charge < -0.3 is 10.2 Å². The van der Waals surface area contributed by atoms with E-state index in [1.807, 2.05) is 35.3 Å². The number of carbonyl (C=O) groups is 1. The van der Waals surface area contributed by atoms with Gasteiger partial charge in [0.2, 0.25) is 0 Å². The van der Waals surface area contributed by atoms with Crippen LogP contribution in [0.4, 0.5) is 11.4 Å². The topological polar surface area (TPSA) is 63.1 Å². The van der Waals surface area contributed by atoms with Gasteiger partial charge in [0.25, 0.3) is 5.91 Å². The standard InChI is InChI=1S/C25H33N5O/c1-17(2)23-15-21(28-30(23)25(3,4)5)24(31)27-20-9-10-22(29-13-7-6-8-14-29)18-11-12-26-16-19(18)20/h9-12,15-17H,6-8,13-14H2,1-5H3,(H,27,31). The number of aromatic nitrogens is 3. The molecule has 3 heterocycles. The molecule has 0 bridgehead atoms. The van der Waals surface area contributed by atoms with Gasteiger partial charge in [0.15, 0.2) is 5.69 Å². The van der Waals surface area contributed by atoms with E-state index >= 15 is 0 Å². The Labute approximate surface area is 184 Å². The lowest BCUT2D eigenvalue weighted by atomic mass is 10.0. The molecule has 4 rings (SSSR count). The summed E-state index contributed by atoms with van der Waals surface area (Å²) < 4.78 is 1.96. The van der Waals surface area contributed by atoms with Crippen molar-refractivity contribution in [3.05, 3.63) is 48.0 Å². The summed E-state index contributed by atoms with van der Waals surface area (Å²) in [5.74, 6) is 0.0860. The second kappa shape index (κ2) is 8.33. The van der Waals surface area contributed by atoms with Crippen LogP contribution in [-0.4, -0.2) is 33.8 Å². The number of hydrogen-bond donors (Lipinski definition) is 1. The molecular formula is C25H33N5O. The molecule has 31 heavy (non-hydrogen) atoms. The van der Waals surface area contributed by atoms with Crippen LogP contribution < -0.4 is 10.2 Å². The molecule has 1 aliphatic heterocycles. The zero-order valence-corrected chi connectivity index (χ0v) is 19.3. The molecule has 3 aromatic rings. The molecule has 1 saturated heterocycles. The Balaban J connectivity index is 1.67. The zero-order valence-electron chi connectivity index (χ0n) is 19.3. The summed E-state index contributed by atoms with van der Waals surface area (Å²) in [6.45, 7) is 12.7. The summed E-state index contributed by atoms with van der Waals surface area (Å²) in [5, 5.41) is 9.82. The van der Waals surface area contributed by atoms with E-state index in [-0.39, 0.29) is 17.4 Å². The fraction of sp³-hybridized carbons (Fsp3) is 0.480. The molecule has 1 aliphatic rings. The van der Waals surface area contributed by atoms with Gasteiger partial charge in [0.1, 0.15) is 0 Å². The molecule has 6 heteroatoms. The van der Waals surface area contributed by atoms with E-state index in [4.69, 9.17) is 0 Å². The Morgan fingerprint density at radius 3 is 2.45 bits per heavy atom. The monoisotopic (exact) mass is 419 g/mol. The van der Waals surface area contributed by atoms with E-state index in [0.717, 1.165) is 35.2 Å². The summed E-state index contributed by atoms with van der Waals surface area (Å²) in [5.41, 5.74) is 3.30. The van der Waals surface area contributed by atoms with Crippen molar-refractivity contribution in [2.75, 3.05) is 23.3 Å². The molecule has 1 amide bonds. The van der Waals surface area contributed by atoms with Crippen LogP contribution in [0.2, 0.25) is 0 Å². The third-order valence-corrected chi connectivity index (χ3v) is 5.94. The average molecular weight is 420 g/mol. The normalized spacial score (nSPS) is 15.0. The summed E-state index contributed by atoms with van der Waals surface area (Å²) >= 11 is 0. The van der Waals surface area contributed by atoms with E-state index in [1.54, 1.807) is 0 Å². The predicted molar refractivity (Wildman–Crippen MR) is 127 cm³/mol. The SMILES string of the molecule is CC(C)c1cc(C(=O)Nc2ccc(N3CCCCC3)c3ccncc23)nn1C(C)(C)C. The maximum atomic E-state index is 13.1. The second-order valence-corrected chi connectivity index (χ2v) is 9.75. The van der Waals surface area contributed by atoms with Crippen LogP contribution in [0.3, 0.4) is 0 Å². The number of anilines is 2. The van der Waals surface area contributed by atoms with E-state index < -0.39 is 0 Å². The van der Waals surface area contributed by atoms with Gasteiger partial charge in [-0.2, -0.15) is 5.10 Å².